The van der Waals surface area contributed by atoms with Gasteiger partial charge in [0.15, 0.2) is 0 Å². The second-order valence-corrected chi connectivity index (χ2v) is 11.1. The van der Waals surface area contributed by atoms with E-state index >= 15 is 8.87 Å². The van der Waals surface area contributed by atoms with Gasteiger partial charge in [-0.15, -0.1) is 5.12 Å². The van der Waals surface area contributed by atoms with Gasteiger partial charge in [0.05, 0.1) is 6.61 Å². The number of benzene rings is 1. The van der Waals surface area contributed by atoms with E-state index in [1.807, 2.05) is 0 Å². The zero-order valence-electron chi connectivity index (χ0n) is 23.2. The number of halogens is 2. The van der Waals surface area contributed by atoms with E-state index in [1.54, 1.807) is 30.3 Å². The van der Waals surface area contributed by atoms with Crippen LogP contribution in [0.2, 0.25) is 0 Å². The number of nitrogens with zero attached hydrogens (tertiary/aromatic N) is 2. The van der Waals surface area contributed by atoms with Gasteiger partial charge in [-0.2, -0.15) is 4.39 Å². The van der Waals surface area contributed by atoms with Crippen molar-refractivity contribution in [3.63, 3.8) is 0 Å². The number of unbranched alkanes of at least 4 members (excludes halogenated alkanes) is 11. The van der Waals surface area contributed by atoms with E-state index in [9.17, 15) is 0 Å². The van der Waals surface area contributed by atoms with Crippen LogP contribution >= 0.6 is 0 Å². The van der Waals surface area contributed by atoms with Gasteiger partial charge in [-0.25, -0.2) is 4.99 Å². The summed E-state index contributed by atoms with van der Waals surface area (Å²) in [6, 6.07) is 8.32. The van der Waals surface area contributed by atoms with E-state index in [0.29, 0.717) is 18.6 Å². The Kier molecular flexibility index (Phi) is 13.5. The molecule has 1 fully saturated rings. The number of allylic oxidation sites excluding steroid dienone is 1. The zero-order valence-corrected chi connectivity index (χ0v) is 23.2. The van der Waals surface area contributed by atoms with Crippen LogP contribution in [0.4, 0.5) is 8.87 Å². The molecule has 0 aromatic heterocycles. The molecule has 3 nitrogen and oxygen atoms in total. The van der Waals surface area contributed by atoms with Crippen LogP contribution in [-0.2, 0) is 10.7 Å². The quantitative estimate of drug-likeness (QED) is 0.104. The first-order chi connectivity index (χ1) is 18.1. The Balaban J connectivity index is 1.46. The van der Waals surface area contributed by atoms with Crippen molar-refractivity contribution in [3.8, 4) is 0 Å². The maximum Gasteiger partial charge on any atom is 0.333 e. The SMILES string of the molecule is CCCCCCCCCCC1=C(OCCCCCCCC2CCCC2)N(F)C(F)(c2ccccc2)N=C1. The number of hydrogen-bond donors (Lipinski definition) is 0. The van der Waals surface area contributed by atoms with Gasteiger partial charge in [0.25, 0.3) is 0 Å². The van der Waals surface area contributed by atoms with E-state index in [4.69, 9.17) is 4.74 Å². The Hall–Kier alpha value is -1.91. The highest BCUT2D eigenvalue weighted by molar-refractivity contribution is 5.80. The van der Waals surface area contributed by atoms with Gasteiger partial charge in [0.1, 0.15) is 0 Å². The maximum absolute atomic E-state index is 15.8. The fourth-order valence-corrected chi connectivity index (χ4v) is 5.67. The Morgan fingerprint density at radius 3 is 2.19 bits per heavy atom. The van der Waals surface area contributed by atoms with Crippen molar-refractivity contribution in [2.75, 3.05) is 6.61 Å². The van der Waals surface area contributed by atoms with E-state index in [0.717, 1.165) is 31.6 Å². The predicted molar refractivity (Wildman–Crippen MR) is 151 cm³/mol. The third-order valence-electron chi connectivity index (χ3n) is 8.02. The van der Waals surface area contributed by atoms with Crippen molar-refractivity contribution < 1.29 is 13.6 Å². The summed E-state index contributed by atoms with van der Waals surface area (Å²) in [6.45, 7) is 2.63. The lowest BCUT2D eigenvalue weighted by atomic mass is 9.99. The highest BCUT2D eigenvalue weighted by atomic mass is 19.2. The summed E-state index contributed by atoms with van der Waals surface area (Å²) in [5, 5.41) is 0.115. The first-order valence-electron chi connectivity index (χ1n) is 15.3. The van der Waals surface area contributed by atoms with Crippen molar-refractivity contribution in [3.05, 3.63) is 47.4 Å². The standard InChI is InChI=1S/C32H50F2N2O/c1-2-3-4-5-6-7-10-14-23-29-27-35-32(33,30-24-15-12-16-25-30)36(34)31(29)37-26-19-11-8-9-13-20-28-21-17-18-22-28/h12,15-16,24-25,27-28H,2-11,13-14,17-23,26H2,1H3. The van der Waals surface area contributed by atoms with Gasteiger partial charge >= 0.3 is 5.92 Å². The molecular formula is C32H50F2N2O. The molecule has 2 aliphatic rings. The molecule has 1 heterocycles. The van der Waals surface area contributed by atoms with Gasteiger partial charge in [0, 0.05) is 17.4 Å². The number of ether oxygens (including phenoxy) is 1. The molecule has 37 heavy (non-hydrogen) atoms. The van der Waals surface area contributed by atoms with Gasteiger partial charge in [0.2, 0.25) is 5.88 Å². The smallest absolute Gasteiger partial charge is 0.333 e. The van der Waals surface area contributed by atoms with Crippen LogP contribution in [0.15, 0.2) is 46.8 Å². The second kappa shape index (κ2) is 16.8. The van der Waals surface area contributed by atoms with Gasteiger partial charge in [-0.3, -0.25) is 0 Å². The molecular weight excluding hydrogens is 466 g/mol. The molecule has 0 spiro atoms. The molecule has 5 heteroatoms. The number of hydrogen-bond acceptors (Lipinski definition) is 3. The minimum atomic E-state index is -2.58. The Morgan fingerprint density at radius 2 is 1.49 bits per heavy atom. The van der Waals surface area contributed by atoms with Gasteiger partial charge < -0.3 is 4.74 Å². The van der Waals surface area contributed by atoms with E-state index < -0.39 is 5.92 Å². The molecule has 1 aromatic rings. The van der Waals surface area contributed by atoms with E-state index in [-0.39, 0.29) is 16.6 Å². The van der Waals surface area contributed by atoms with Crippen molar-refractivity contribution in [1.82, 2.24) is 5.12 Å². The molecule has 1 atom stereocenters. The van der Waals surface area contributed by atoms with Crippen LogP contribution in [0.1, 0.15) is 134 Å². The summed E-state index contributed by atoms with van der Waals surface area (Å²) in [5.41, 5.74) is 0.831. The van der Waals surface area contributed by atoms with Crippen LogP contribution in [0.3, 0.4) is 0 Å². The summed E-state index contributed by atoms with van der Waals surface area (Å²) < 4.78 is 37.3. The fourth-order valence-electron chi connectivity index (χ4n) is 5.67. The lowest BCUT2D eigenvalue weighted by Crippen LogP contribution is -2.39. The minimum absolute atomic E-state index is 0.00512. The molecule has 0 amide bonds. The van der Waals surface area contributed by atoms with Crippen LogP contribution in [0.25, 0.3) is 0 Å². The lowest BCUT2D eigenvalue weighted by Gasteiger charge is -2.33. The zero-order chi connectivity index (χ0) is 26.2. The molecule has 208 valence electrons. The van der Waals surface area contributed by atoms with E-state index in [2.05, 4.69) is 11.9 Å². The van der Waals surface area contributed by atoms with Crippen LogP contribution in [-0.4, -0.2) is 17.9 Å². The predicted octanol–water partition coefficient (Wildman–Crippen LogP) is 10.3. The summed E-state index contributed by atoms with van der Waals surface area (Å²) in [6.07, 6.45) is 24.5. The largest absolute Gasteiger partial charge is 0.477 e. The van der Waals surface area contributed by atoms with Crippen LogP contribution in [0, 0.1) is 5.92 Å². The topological polar surface area (TPSA) is 24.8 Å². The van der Waals surface area contributed by atoms with Crippen molar-refractivity contribution in [2.45, 2.75) is 135 Å². The number of aliphatic imine (C=N–C) groups is 1. The van der Waals surface area contributed by atoms with Gasteiger partial charge in [-0.05, 0) is 25.2 Å². The average molecular weight is 517 g/mol. The summed E-state index contributed by atoms with van der Waals surface area (Å²) >= 11 is 0. The van der Waals surface area contributed by atoms with Crippen molar-refractivity contribution in [1.29, 1.82) is 0 Å². The monoisotopic (exact) mass is 516 g/mol. The fraction of sp³-hybridized carbons (Fsp3) is 0.719. The third kappa shape index (κ3) is 9.72. The van der Waals surface area contributed by atoms with Crippen LogP contribution in [0.5, 0.6) is 0 Å². The lowest BCUT2D eigenvalue weighted by molar-refractivity contribution is -0.170. The molecule has 0 saturated heterocycles. The first-order valence-corrected chi connectivity index (χ1v) is 15.3. The van der Waals surface area contributed by atoms with Gasteiger partial charge in [-0.1, -0.05) is 144 Å². The number of alkyl halides is 1. The Labute approximate surface area is 224 Å². The van der Waals surface area contributed by atoms with Crippen LogP contribution < -0.4 is 0 Å². The third-order valence-corrected chi connectivity index (χ3v) is 8.02. The molecule has 0 bridgehead atoms. The second-order valence-electron chi connectivity index (χ2n) is 11.1. The molecule has 0 radical (unpaired) electrons. The summed E-state index contributed by atoms with van der Waals surface area (Å²) in [5.74, 6) is -1.62. The first kappa shape index (κ1) is 29.6. The highest BCUT2D eigenvalue weighted by Gasteiger charge is 2.45. The molecule has 1 aromatic carbocycles. The molecule has 1 saturated carbocycles. The average Bonchev–Trinajstić information content (AvgIpc) is 3.44. The molecule has 1 unspecified atom stereocenters. The summed E-state index contributed by atoms with van der Waals surface area (Å²) in [4.78, 5) is 4.03. The van der Waals surface area contributed by atoms with E-state index in [1.165, 1.54) is 96.1 Å². The van der Waals surface area contributed by atoms with Crippen molar-refractivity contribution >= 4 is 6.21 Å². The maximum atomic E-state index is 15.8. The normalized spacial score (nSPS) is 20.2. The molecule has 1 aliphatic heterocycles. The number of rotatable bonds is 19. The highest BCUT2D eigenvalue weighted by Crippen LogP contribution is 2.40. The summed E-state index contributed by atoms with van der Waals surface area (Å²) in [7, 11) is 0. The molecule has 3 rings (SSSR count). The Morgan fingerprint density at radius 1 is 0.865 bits per heavy atom. The minimum Gasteiger partial charge on any atom is -0.477 e. The molecule has 1 aliphatic carbocycles. The van der Waals surface area contributed by atoms with Crippen molar-refractivity contribution in [2.24, 2.45) is 10.9 Å². The molecule has 0 N–H and O–H groups in total. The Bertz CT molecular complexity index is 806.